The van der Waals surface area contributed by atoms with Gasteiger partial charge in [0.1, 0.15) is 0 Å². The van der Waals surface area contributed by atoms with Crippen molar-refractivity contribution in [2.75, 3.05) is 6.61 Å². The first-order valence-corrected chi connectivity index (χ1v) is 7.94. The predicted molar refractivity (Wildman–Crippen MR) is 84.0 cm³/mol. The number of nitrogens with one attached hydrogen (secondary N) is 1. The van der Waals surface area contributed by atoms with E-state index in [4.69, 9.17) is 5.11 Å². The van der Waals surface area contributed by atoms with Gasteiger partial charge >= 0.3 is 0 Å². The highest BCUT2D eigenvalue weighted by Gasteiger charge is 2.26. The zero-order valence-electron chi connectivity index (χ0n) is 12.5. The van der Waals surface area contributed by atoms with Crippen molar-refractivity contribution >= 4 is 17.2 Å². The molecule has 0 aliphatic rings. The molecule has 1 aromatic heterocycles. The van der Waals surface area contributed by atoms with E-state index in [1.807, 2.05) is 12.1 Å². The van der Waals surface area contributed by atoms with Gasteiger partial charge < -0.3 is 10.4 Å². The van der Waals surface area contributed by atoms with E-state index in [9.17, 15) is 4.79 Å². The molecule has 3 nitrogen and oxygen atoms in total. The standard InChI is InChI=1S/C16H23NO2S/c1-4-16(5-2,6-3)17-15(19)14-11-10-13(20-14)9-7-8-12-18/h10-11,18H,4-6,8,12H2,1-3H3,(H,17,19). The highest BCUT2D eigenvalue weighted by molar-refractivity contribution is 7.14. The van der Waals surface area contributed by atoms with Crippen molar-refractivity contribution < 1.29 is 9.90 Å². The topological polar surface area (TPSA) is 49.3 Å². The summed E-state index contributed by atoms with van der Waals surface area (Å²) < 4.78 is 0. The third-order valence-corrected chi connectivity index (χ3v) is 4.69. The van der Waals surface area contributed by atoms with Gasteiger partial charge in [0.25, 0.3) is 5.91 Å². The molecule has 4 heteroatoms. The van der Waals surface area contributed by atoms with E-state index >= 15 is 0 Å². The Bertz CT molecular complexity index is 484. The Kier molecular flexibility index (Phi) is 6.77. The molecule has 1 heterocycles. The molecule has 2 N–H and O–H groups in total. The predicted octanol–water partition coefficient (Wildman–Crippen LogP) is 3.18. The Balaban J connectivity index is 2.76. The largest absolute Gasteiger partial charge is 0.395 e. The lowest BCUT2D eigenvalue weighted by Crippen LogP contribution is -2.46. The Morgan fingerprint density at radius 3 is 2.50 bits per heavy atom. The van der Waals surface area contributed by atoms with Crippen molar-refractivity contribution in [2.24, 2.45) is 0 Å². The number of thiophene rings is 1. The van der Waals surface area contributed by atoms with Crippen LogP contribution in [-0.4, -0.2) is 23.2 Å². The molecule has 0 saturated heterocycles. The maximum absolute atomic E-state index is 12.3. The first-order chi connectivity index (χ1) is 9.60. The van der Waals surface area contributed by atoms with Gasteiger partial charge in [0.2, 0.25) is 0 Å². The van der Waals surface area contributed by atoms with Crippen molar-refractivity contribution in [2.45, 2.75) is 52.0 Å². The second-order valence-electron chi connectivity index (χ2n) is 4.73. The van der Waals surface area contributed by atoms with E-state index in [0.29, 0.717) is 11.3 Å². The van der Waals surface area contributed by atoms with Crippen molar-refractivity contribution in [3.8, 4) is 11.8 Å². The summed E-state index contributed by atoms with van der Waals surface area (Å²) in [5.41, 5.74) is -0.107. The van der Waals surface area contributed by atoms with Gasteiger partial charge in [-0.2, -0.15) is 0 Å². The maximum Gasteiger partial charge on any atom is 0.261 e. The third-order valence-electron chi connectivity index (χ3n) is 3.69. The first-order valence-electron chi connectivity index (χ1n) is 7.12. The number of rotatable bonds is 6. The van der Waals surface area contributed by atoms with Crippen molar-refractivity contribution in [1.29, 1.82) is 0 Å². The Morgan fingerprint density at radius 1 is 1.30 bits per heavy atom. The molecule has 1 amide bonds. The van der Waals surface area contributed by atoms with E-state index in [0.717, 1.165) is 24.1 Å². The number of aliphatic hydroxyl groups is 1. The Labute approximate surface area is 125 Å². The van der Waals surface area contributed by atoms with Gasteiger partial charge in [0.15, 0.2) is 0 Å². The van der Waals surface area contributed by atoms with Gasteiger partial charge in [-0.1, -0.05) is 32.6 Å². The van der Waals surface area contributed by atoms with Crippen LogP contribution in [-0.2, 0) is 0 Å². The molecule has 110 valence electrons. The normalized spacial score (nSPS) is 10.8. The number of carbonyl (C=O) groups excluding carboxylic acids is 1. The summed E-state index contributed by atoms with van der Waals surface area (Å²) in [5, 5.41) is 11.8. The first kappa shape index (κ1) is 16.7. The van der Waals surface area contributed by atoms with Gasteiger partial charge in [-0.25, -0.2) is 0 Å². The van der Waals surface area contributed by atoms with Gasteiger partial charge in [0.05, 0.1) is 16.4 Å². The van der Waals surface area contributed by atoms with Crippen LogP contribution >= 0.6 is 11.3 Å². The van der Waals surface area contributed by atoms with Crippen LogP contribution in [0.4, 0.5) is 0 Å². The smallest absolute Gasteiger partial charge is 0.261 e. The molecular formula is C16H23NO2S. The number of carbonyl (C=O) groups is 1. The summed E-state index contributed by atoms with van der Waals surface area (Å²) >= 11 is 1.40. The zero-order chi connectivity index (χ0) is 15.0. The van der Waals surface area contributed by atoms with Crippen LogP contribution < -0.4 is 5.32 Å². The monoisotopic (exact) mass is 293 g/mol. The highest BCUT2D eigenvalue weighted by Crippen LogP contribution is 2.22. The number of amides is 1. The molecule has 0 spiro atoms. The summed E-state index contributed by atoms with van der Waals surface area (Å²) in [7, 11) is 0. The highest BCUT2D eigenvalue weighted by atomic mass is 32.1. The molecule has 0 saturated carbocycles. The van der Waals surface area contributed by atoms with Crippen LogP contribution in [0.3, 0.4) is 0 Å². The zero-order valence-corrected chi connectivity index (χ0v) is 13.3. The molecule has 0 aliphatic heterocycles. The van der Waals surface area contributed by atoms with E-state index in [2.05, 4.69) is 37.9 Å². The second-order valence-corrected chi connectivity index (χ2v) is 5.82. The van der Waals surface area contributed by atoms with E-state index in [1.54, 1.807) is 0 Å². The van der Waals surface area contributed by atoms with Crippen LogP contribution in [0.2, 0.25) is 0 Å². The molecule has 20 heavy (non-hydrogen) atoms. The second kappa shape index (κ2) is 8.08. The summed E-state index contributed by atoms with van der Waals surface area (Å²) in [6.45, 7) is 6.38. The molecule has 1 aromatic rings. The number of hydrogen-bond acceptors (Lipinski definition) is 3. The molecule has 0 unspecified atom stereocenters. The van der Waals surface area contributed by atoms with Crippen LogP contribution in [0, 0.1) is 11.8 Å². The quantitative estimate of drug-likeness (QED) is 0.791. The summed E-state index contributed by atoms with van der Waals surface area (Å²) in [6.07, 6.45) is 3.25. The molecule has 0 bridgehead atoms. The maximum atomic E-state index is 12.3. The minimum atomic E-state index is -0.107. The lowest BCUT2D eigenvalue weighted by molar-refractivity contribution is 0.0892. The number of hydrogen-bond donors (Lipinski definition) is 2. The van der Waals surface area contributed by atoms with Crippen LogP contribution in [0.25, 0.3) is 0 Å². The van der Waals surface area contributed by atoms with Crippen LogP contribution in [0.5, 0.6) is 0 Å². The fourth-order valence-electron chi connectivity index (χ4n) is 2.05. The van der Waals surface area contributed by atoms with E-state index in [1.165, 1.54) is 11.3 Å². The minimum Gasteiger partial charge on any atom is -0.395 e. The minimum absolute atomic E-state index is 0.0178. The molecule has 0 aromatic carbocycles. The SMILES string of the molecule is CCC(CC)(CC)NC(=O)c1ccc(C#CCCO)s1. The van der Waals surface area contributed by atoms with E-state index < -0.39 is 0 Å². The Hall–Kier alpha value is -1.31. The van der Waals surface area contributed by atoms with Gasteiger partial charge in [-0.3, -0.25) is 4.79 Å². The molecule has 0 radical (unpaired) electrons. The van der Waals surface area contributed by atoms with Crippen molar-refractivity contribution in [3.63, 3.8) is 0 Å². The lowest BCUT2D eigenvalue weighted by atomic mass is 9.90. The van der Waals surface area contributed by atoms with Gasteiger partial charge in [-0.05, 0) is 31.4 Å². The third kappa shape index (κ3) is 4.36. The molecular weight excluding hydrogens is 270 g/mol. The fraction of sp³-hybridized carbons (Fsp3) is 0.562. The average Bonchev–Trinajstić information content (AvgIpc) is 2.94. The van der Waals surface area contributed by atoms with Crippen molar-refractivity contribution in [1.82, 2.24) is 5.32 Å². The van der Waals surface area contributed by atoms with Crippen LogP contribution in [0.15, 0.2) is 12.1 Å². The Morgan fingerprint density at radius 2 is 1.95 bits per heavy atom. The van der Waals surface area contributed by atoms with Gasteiger partial charge in [0, 0.05) is 12.0 Å². The molecule has 1 rings (SSSR count). The summed E-state index contributed by atoms with van der Waals surface area (Å²) in [4.78, 5) is 13.8. The van der Waals surface area contributed by atoms with Crippen molar-refractivity contribution in [3.05, 3.63) is 21.9 Å². The number of aliphatic hydroxyl groups excluding tert-OH is 1. The fourth-order valence-corrected chi connectivity index (χ4v) is 2.83. The van der Waals surface area contributed by atoms with E-state index in [-0.39, 0.29) is 18.1 Å². The average molecular weight is 293 g/mol. The molecule has 0 fully saturated rings. The molecule has 0 atom stereocenters. The summed E-state index contributed by atoms with van der Waals surface area (Å²) in [6, 6.07) is 3.67. The molecule has 0 aliphatic carbocycles. The van der Waals surface area contributed by atoms with Crippen LogP contribution in [0.1, 0.15) is 61.0 Å². The van der Waals surface area contributed by atoms with Gasteiger partial charge in [-0.15, -0.1) is 11.3 Å². The lowest BCUT2D eigenvalue weighted by Gasteiger charge is -2.31. The summed E-state index contributed by atoms with van der Waals surface area (Å²) in [5.74, 6) is 5.80.